The normalized spacial score (nSPS) is 10.5. The molecule has 14 heavy (non-hydrogen) atoms. The third-order valence-electron chi connectivity index (χ3n) is 1.92. The van der Waals surface area contributed by atoms with Crippen molar-refractivity contribution in [2.45, 2.75) is 6.54 Å². The van der Waals surface area contributed by atoms with E-state index in [0.29, 0.717) is 17.1 Å². The van der Waals surface area contributed by atoms with E-state index in [1.807, 2.05) is 7.05 Å². The van der Waals surface area contributed by atoms with E-state index in [9.17, 15) is 4.39 Å². The molecule has 1 rings (SSSR count). The fourth-order valence-corrected chi connectivity index (χ4v) is 1.36. The van der Waals surface area contributed by atoms with E-state index in [2.05, 4.69) is 10.6 Å². The van der Waals surface area contributed by atoms with Gasteiger partial charge in [0.2, 0.25) is 0 Å². The molecular weight excluding hydrogens is 203 g/mol. The fraction of sp³-hybridized carbons (Fsp3) is 0.400. The van der Waals surface area contributed by atoms with Gasteiger partial charge in [0.1, 0.15) is 5.82 Å². The summed E-state index contributed by atoms with van der Waals surface area (Å²) in [5.74, 6) is -0.255. The van der Waals surface area contributed by atoms with E-state index in [1.54, 1.807) is 12.1 Å². The Balaban J connectivity index is 2.49. The zero-order chi connectivity index (χ0) is 10.4. The van der Waals surface area contributed by atoms with Gasteiger partial charge in [-0.05, 0) is 19.2 Å². The molecule has 0 atom stereocenters. The molecule has 0 aliphatic carbocycles. The largest absolute Gasteiger partial charge is 0.318 e. The zero-order valence-corrected chi connectivity index (χ0v) is 8.87. The predicted molar refractivity (Wildman–Crippen MR) is 57.0 cm³/mol. The van der Waals surface area contributed by atoms with Gasteiger partial charge in [0.25, 0.3) is 0 Å². The van der Waals surface area contributed by atoms with E-state index < -0.39 is 0 Å². The molecule has 0 fully saturated rings. The second kappa shape index (κ2) is 5.96. The number of hydrogen-bond donors (Lipinski definition) is 2. The van der Waals surface area contributed by atoms with Crippen molar-refractivity contribution in [2.75, 3.05) is 20.1 Å². The summed E-state index contributed by atoms with van der Waals surface area (Å²) in [7, 11) is 1.87. The first kappa shape index (κ1) is 11.4. The molecule has 78 valence electrons. The van der Waals surface area contributed by atoms with Gasteiger partial charge in [-0.15, -0.1) is 0 Å². The van der Waals surface area contributed by atoms with Crippen molar-refractivity contribution in [2.24, 2.45) is 0 Å². The monoisotopic (exact) mass is 216 g/mol. The average molecular weight is 217 g/mol. The van der Waals surface area contributed by atoms with Crippen molar-refractivity contribution in [3.63, 3.8) is 0 Å². The lowest BCUT2D eigenvalue weighted by atomic mass is 10.2. The second-order valence-corrected chi connectivity index (χ2v) is 3.39. The molecule has 1 aromatic carbocycles. The molecule has 0 aliphatic heterocycles. The second-order valence-electron chi connectivity index (χ2n) is 2.98. The molecule has 2 nitrogen and oxygen atoms in total. The fourth-order valence-electron chi connectivity index (χ4n) is 1.13. The Morgan fingerprint density at radius 2 is 2.14 bits per heavy atom. The molecule has 0 unspecified atom stereocenters. The molecule has 0 radical (unpaired) electrons. The molecule has 1 aromatic rings. The molecule has 0 amide bonds. The minimum atomic E-state index is -0.255. The van der Waals surface area contributed by atoms with Crippen LogP contribution in [0.4, 0.5) is 4.39 Å². The molecule has 0 spiro atoms. The van der Waals surface area contributed by atoms with Gasteiger partial charge in [-0.25, -0.2) is 4.39 Å². The van der Waals surface area contributed by atoms with Gasteiger partial charge in [0.15, 0.2) is 0 Å². The Morgan fingerprint density at radius 1 is 1.36 bits per heavy atom. The summed E-state index contributed by atoms with van der Waals surface area (Å²) >= 11 is 5.85. The summed E-state index contributed by atoms with van der Waals surface area (Å²) in [6.45, 7) is 2.11. The van der Waals surface area contributed by atoms with Crippen LogP contribution in [0.15, 0.2) is 18.2 Å². The van der Waals surface area contributed by atoms with Gasteiger partial charge in [0.05, 0.1) is 0 Å². The summed E-state index contributed by atoms with van der Waals surface area (Å²) in [5.41, 5.74) is 0.533. The van der Waals surface area contributed by atoms with Gasteiger partial charge in [-0.2, -0.15) is 0 Å². The van der Waals surface area contributed by atoms with E-state index in [1.165, 1.54) is 6.07 Å². The number of nitrogens with one attached hydrogen (secondary N) is 2. The van der Waals surface area contributed by atoms with Crippen LogP contribution < -0.4 is 10.6 Å². The maximum Gasteiger partial charge on any atom is 0.129 e. The van der Waals surface area contributed by atoms with Crippen LogP contribution in [0, 0.1) is 5.82 Å². The van der Waals surface area contributed by atoms with Crippen LogP contribution in [0.5, 0.6) is 0 Å². The van der Waals surface area contributed by atoms with Gasteiger partial charge in [-0.3, -0.25) is 0 Å². The first-order chi connectivity index (χ1) is 6.75. The van der Waals surface area contributed by atoms with Crippen LogP contribution in [-0.2, 0) is 6.54 Å². The maximum atomic E-state index is 13.2. The SMILES string of the molecule is CNCCNCc1c(F)cccc1Cl. The van der Waals surface area contributed by atoms with Gasteiger partial charge < -0.3 is 10.6 Å². The Bertz CT molecular complexity index is 271. The minimum absolute atomic E-state index is 0.255. The van der Waals surface area contributed by atoms with E-state index in [4.69, 9.17) is 11.6 Å². The van der Waals surface area contributed by atoms with Crippen LogP contribution in [-0.4, -0.2) is 20.1 Å². The highest BCUT2D eigenvalue weighted by Gasteiger charge is 2.05. The molecule has 0 bridgehead atoms. The topological polar surface area (TPSA) is 24.1 Å². The summed E-state index contributed by atoms with van der Waals surface area (Å²) < 4.78 is 13.2. The Hall–Kier alpha value is -0.640. The van der Waals surface area contributed by atoms with E-state index in [0.717, 1.165) is 13.1 Å². The van der Waals surface area contributed by atoms with Crippen LogP contribution in [0.2, 0.25) is 5.02 Å². The van der Waals surface area contributed by atoms with E-state index in [-0.39, 0.29) is 5.82 Å². The van der Waals surface area contributed by atoms with Crippen molar-refractivity contribution < 1.29 is 4.39 Å². The Morgan fingerprint density at radius 3 is 2.79 bits per heavy atom. The highest BCUT2D eigenvalue weighted by atomic mass is 35.5. The molecule has 0 saturated carbocycles. The molecule has 0 heterocycles. The summed E-state index contributed by atoms with van der Waals surface area (Å²) in [4.78, 5) is 0. The number of hydrogen-bond acceptors (Lipinski definition) is 2. The van der Waals surface area contributed by atoms with Crippen molar-refractivity contribution in [1.29, 1.82) is 0 Å². The van der Waals surface area contributed by atoms with Gasteiger partial charge in [0, 0.05) is 30.2 Å². The molecular formula is C10H14ClFN2. The van der Waals surface area contributed by atoms with Crippen molar-refractivity contribution in [1.82, 2.24) is 10.6 Å². The lowest BCUT2D eigenvalue weighted by Crippen LogP contribution is -2.24. The van der Waals surface area contributed by atoms with Crippen LogP contribution in [0.1, 0.15) is 5.56 Å². The van der Waals surface area contributed by atoms with E-state index >= 15 is 0 Å². The number of benzene rings is 1. The van der Waals surface area contributed by atoms with Crippen molar-refractivity contribution in [3.05, 3.63) is 34.6 Å². The van der Waals surface area contributed by atoms with Crippen molar-refractivity contribution in [3.8, 4) is 0 Å². The minimum Gasteiger partial charge on any atom is -0.318 e. The zero-order valence-electron chi connectivity index (χ0n) is 8.11. The maximum absolute atomic E-state index is 13.2. The average Bonchev–Trinajstić information content (AvgIpc) is 2.16. The van der Waals surface area contributed by atoms with Crippen LogP contribution in [0.3, 0.4) is 0 Å². The standard InChI is InChI=1S/C10H14ClFN2/c1-13-5-6-14-7-8-9(11)3-2-4-10(8)12/h2-4,13-14H,5-7H2,1H3. The lowest BCUT2D eigenvalue weighted by Gasteiger charge is -2.07. The highest BCUT2D eigenvalue weighted by Crippen LogP contribution is 2.18. The smallest absolute Gasteiger partial charge is 0.129 e. The molecule has 0 aromatic heterocycles. The third kappa shape index (κ3) is 3.25. The Labute approximate surface area is 88.5 Å². The Kier molecular flexibility index (Phi) is 4.87. The lowest BCUT2D eigenvalue weighted by molar-refractivity contribution is 0.583. The molecule has 0 saturated heterocycles. The van der Waals surface area contributed by atoms with Gasteiger partial charge in [-0.1, -0.05) is 17.7 Å². The number of rotatable bonds is 5. The first-order valence-electron chi connectivity index (χ1n) is 4.54. The highest BCUT2D eigenvalue weighted by molar-refractivity contribution is 6.31. The van der Waals surface area contributed by atoms with Crippen LogP contribution in [0.25, 0.3) is 0 Å². The molecule has 2 N–H and O–H groups in total. The summed E-state index contributed by atoms with van der Waals surface area (Å²) in [5, 5.41) is 6.57. The molecule has 4 heteroatoms. The number of halogens is 2. The first-order valence-corrected chi connectivity index (χ1v) is 4.91. The predicted octanol–water partition coefficient (Wildman–Crippen LogP) is 1.79. The van der Waals surface area contributed by atoms with Crippen LogP contribution >= 0.6 is 11.6 Å². The van der Waals surface area contributed by atoms with Crippen molar-refractivity contribution >= 4 is 11.6 Å². The molecule has 0 aliphatic rings. The summed E-state index contributed by atoms with van der Waals surface area (Å²) in [6.07, 6.45) is 0. The quantitative estimate of drug-likeness (QED) is 0.734. The van der Waals surface area contributed by atoms with Gasteiger partial charge >= 0.3 is 0 Å². The summed E-state index contributed by atoms with van der Waals surface area (Å²) in [6, 6.07) is 4.72. The third-order valence-corrected chi connectivity index (χ3v) is 2.27. The number of likely N-dealkylation sites (N-methyl/N-ethyl adjacent to an activating group) is 1.